The van der Waals surface area contributed by atoms with Crippen LogP contribution in [-0.4, -0.2) is 80.5 Å². The molecule has 1 saturated heterocycles. The number of nitrogens with zero attached hydrogens (tertiary/aromatic N) is 3. The fourth-order valence-corrected chi connectivity index (χ4v) is 4.14. The van der Waals surface area contributed by atoms with Gasteiger partial charge >= 0.3 is 0 Å². The summed E-state index contributed by atoms with van der Waals surface area (Å²) < 4.78 is 0. The highest BCUT2D eigenvalue weighted by molar-refractivity contribution is 5.96. The summed E-state index contributed by atoms with van der Waals surface area (Å²) in [7, 11) is 1.64. The zero-order valence-electron chi connectivity index (χ0n) is 21.1. The second-order valence-electron chi connectivity index (χ2n) is 8.58. The van der Waals surface area contributed by atoms with Gasteiger partial charge in [0.15, 0.2) is 5.54 Å². The van der Waals surface area contributed by atoms with Gasteiger partial charge in [-0.25, -0.2) is 0 Å². The van der Waals surface area contributed by atoms with Crippen LogP contribution in [-0.2, 0) is 9.59 Å². The molecule has 1 aliphatic heterocycles. The van der Waals surface area contributed by atoms with Gasteiger partial charge in [-0.1, -0.05) is 37.4 Å². The molecular weight excluding hydrogens is 444 g/mol. The van der Waals surface area contributed by atoms with Crippen LogP contribution in [0.1, 0.15) is 32.3 Å². The quantitative estimate of drug-likeness (QED) is 0.238. The van der Waals surface area contributed by atoms with Crippen LogP contribution in [0.2, 0.25) is 0 Å². The van der Waals surface area contributed by atoms with E-state index in [2.05, 4.69) is 56.3 Å². The molecule has 0 aromatic heterocycles. The first-order valence-corrected chi connectivity index (χ1v) is 12.2. The lowest BCUT2D eigenvalue weighted by atomic mass is 9.95. The van der Waals surface area contributed by atoms with Gasteiger partial charge in [-0.05, 0) is 57.2 Å². The maximum absolute atomic E-state index is 12.3. The normalized spacial score (nSPS) is 16.6. The number of hydrogen-bond donors (Lipinski definition) is 3. The van der Waals surface area contributed by atoms with E-state index in [0.717, 1.165) is 56.1 Å². The number of rotatable bonds is 12. The maximum atomic E-state index is 12.3. The third-order valence-corrected chi connectivity index (χ3v) is 6.60. The number of imide groups is 1. The molecule has 3 N–H and O–H groups in total. The summed E-state index contributed by atoms with van der Waals surface area (Å²) in [5, 5.41) is 11.6. The second-order valence-corrected chi connectivity index (χ2v) is 8.58. The van der Waals surface area contributed by atoms with Gasteiger partial charge in [0.05, 0.1) is 6.54 Å². The number of hydrogen-bond acceptors (Lipinski definition) is 8. The second kappa shape index (κ2) is 14.2. The first-order valence-electron chi connectivity index (χ1n) is 12.2. The van der Waals surface area contributed by atoms with Crippen molar-refractivity contribution >= 4 is 18.0 Å². The zero-order chi connectivity index (χ0) is 25.7. The van der Waals surface area contributed by atoms with Crippen LogP contribution < -0.4 is 16.0 Å². The van der Waals surface area contributed by atoms with E-state index < -0.39 is 11.4 Å². The van der Waals surface area contributed by atoms with Gasteiger partial charge in [-0.15, -0.1) is 0 Å². The monoisotopic (exact) mass is 482 g/mol. The van der Waals surface area contributed by atoms with Crippen LogP contribution in [0.25, 0.3) is 0 Å². The van der Waals surface area contributed by atoms with Crippen molar-refractivity contribution in [2.75, 3.05) is 58.2 Å². The molecule has 1 aromatic rings. The van der Waals surface area contributed by atoms with E-state index in [9.17, 15) is 14.5 Å². The highest BCUT2D eigenvalue weighted by atomic mass is 16.3. The number of nitrogens with one attached hydrogen (secondary N) is 3. The number of amides is 2. The Hall–Kier alpha value is -3.22. The van der Waals surface area contributed by atoms with Crippen molar-refractivity contribution < 1.29 is 9.59 Å². The summed E-state index contributed by atoms with van der Waals surface area (Å²) in [5.41, 5.74) is 1.44. The fourth-order valence-electron chi connectivity index (χ4n) is 4.14. The molecule has 35 heavy (non-hydrogen) atoms. The fraction of sp³-hybridized carbons (Fsp3) is 0.538. The summed E-state index contributed by atoms with van der Waals surface area (Å²) in [6.07, 6.45) is 1.84. The van der Waals surface area contributed by atoms with E-state index in [1.807, 2.05) is 31.2 Å². The molecule has 2 unspecified atom stereocenters. The van der Waals surface area contributed by atoms with E-state index >= 15 is 0 Å². The van der Waals surface area contributed by atoms with E-state index in [1.165, 1.54) is 0 Å². The van der Waals surface area contributed by atoms with Gasteiger partial charge in [0, 0.05) is 49.0 Å². The van der Waals surface area contributed by atoms with E-state index in [0.29, 0.717) is 19.4 Å². The first-order chi connectivity index (χ1) is 16.9. The van der Waals surface area contributed by atoms with Crippen LogP contribution in [0.15, 0.2) is 41.7 Å². The standard InChI is InChI=1S/C26H38N6O3/c1-5-26(27-4,25(34)29-20-33)13-12-22-8-10-24(11-9-22)28-18-23(19-30-35)21(3)32-15-7-14-31(6-2)16-17-32/h8-11,20,23,27-28H,3,5-7,14-19H2,1-2,4H3,(H,29,33,34). The van der Waals surface area contributed by atoms with E-state index in [-0.39, 0.29) is 12.5 Å². The average Bonchev–Trinajstić information content (AvgIpc) is 3.14. The molecule has 0 radical (unpaired) electrons. The molecular formula is C26H38N6O3. The molecule has 0 spiro atoms. The van der Waals surface area contributed by atoms with Gasteiger partial charge in [-0.3, -0.25) is 20.2 Å². The van der Waals surface area contributed by atoms with Crippen molar-refractivity contribution in [1.29, 1.82) is 0 Å². The molecule has 1 aliphatic rings. The number of nitroso groups, excluding NO2 is 1. The molecule has 0 bridgehead atoms. The van der Waals surface area contributed by atoms with Crippen molar-refractivity contribution in [2.45, 2.75) is 32.2 Å². The average molecular weight is 483 g/mol. The Labute approximate surface area is 208 Å². The van der Waals surface area contributed by atoms with Crippen molar-refractivity contribution in [2.24, 2.45) is 11.1 Å². The molecule has 1 fully saturated rings. The Morgan fingerprint density at radius 3 is 2.57 bits per heavy atom. The highest BCUT2D eigenvalue weighted by Gasteiger charge is 2.32. The summed E-state index contributed by atoms with van der Waals surface area (Å²) in [4.78, 5) is 38.8. The maximum Gasteiger partial charge on any atom is 0.259 e. The summed E-state index contributed by atoms with van der Waals surface area (Å²) in [6.45, 7) is 14.0. The van der Waals surface area contributed by atoms with Gasteiger partial charge < -0.3 is 15.1 Å². The molecule has 9 heteroatoms. The molecule has 190 valence electrons. The molecule has 2 amide bonds. The predicted molar refractivity (Wildman–Crippen MR) is 140 cm³/mol. The molecule has 1 aromatic carbocycles. The van der Waals surface area contributed by atoms with Gasteiger partial charge in [0.2, 0.25) is 6.41 Å². The lowest BCUT2D eigenvalue weighted by Gasteiger charge is -2.30. The molecule has 0 saturated carbocycles. The van der Waals surface area contributed by atoms with Gasteiger partial charge in [-0.2, -0.15) is 4.91 Å². The Kier molecular flexibility index (Phi) is 11.4. The molecule has 0 aliphatic carbocycles. The highest BCUT2D eigenvalue weighted by Crippen LogP contribution is 2.19. The number of carbonyl (C=O) groups excluding carboxylic acids is 2. The molecule has 1 heterocycles. The van der Waals surface area contributed by atoms with Crippen LogP contribution in [0.5, 0.6) is 0 Å². The van der Waals surface area contributed by atoms with Crippen molar-refractivity contribution in [3.05, 3.63) is 47.0 Å². The Morgan fingerprint density at radius 2 is 1.97 bits per heavy atom. The smallest absolute Gasteiger partial charge is 0.259 e. The van der Waals surface area contributed by atoms with Crippen LogP contribution >= 0.6 is 0 Å². The minimum atomic E-state index is -1.14. The summed E-state index contributed by atoms with van der Waals surface area (Å²) in [6, 6.07) is 7.53. The SMILES string of the molecule is C=C(C(CN=O)CNc1ccc(C#CC(CC)(NC)C(=O)NC=O)cc1)N1CCCN(CC)CC1. The number of anilines is 1. The van der Waals surface area contributed by atoms with Gasteiger partial charge in [0.1, 0.15) is 0 Å². The third kappa shape index (κ3) is 7.91. The van der Waals surface area contributed by atoms with Crippen LogP contribution in [0.3, 0.4) is 0 Å². The number of benzene rings is 1. The van der Waals surface area contributed by atoms with Crippen molar-refractivity contribution in [3.63, 3.8) is 0 Å². The van der Waals surface area contributed by atoms with Crippen LogP contribution in [0.4, 0.5) is 5.69 Å². The predicted octanol–water partition coefficient (Wildman–Crippen LogP) is 2.01. The van der Waals surface area contributed by atoms with E-state index in [1.54, 1.807) is 7.05 Å². The Morgan fingerprint density at radius 1 is 1.23 bits per heavy atom. The Bertz CT molecular complexity index is 917. The molecule has 2 rings (SSSR count). The zero-order valence-corrected chi connectivity index (χ0v) is 21.1. The molecule has 9 nitrogen and oxygen atoms in total. The van der Waals surface area contributed by atoms with Crippen molar-refractivity contribution in [1.82, 2.24) is 20.4 Å². The summed E-state index contributed by atoms with van der Waals surface area (Å²) in [5.74, 6) is 5.41. The molecule has 2 atom stereocenters. The minimum absolute atomic E-state index is 0.0859. The minimum Gasteiger partial charge on any atom is -0.384 e. The van der Waals surface area contributed by atoms with Gasteiger partial charge in [0.25, 0.3) is 5.91 Å². The topological polar surface area (TPSA) is 106 Å². The summed E-state index contributed by atoms with van der Waals surface area (Å²) >= 11 is 0. The van der Waals surface area contributed by atoms with E-state index in [4.69, 9.17) is 0 Å². The third-order valence-electron chi connectivity index (χ3n) is 6.60. The van der Waals surface area contributed by atoms with Crippen LogP contribution in [0, 0.1) is 22.7 Å². The number of likely N-dealkylation sites (N-methyl/N-ethyl adjacent to an activating group) is 2. The number of carbonyl (C=O) groups is 2. The Balaban J connectivity index is 2.03. The first kappa shape index (κ1) is 28.0. The lowest BCUT2D eigenvalue weighted by molar-refractivity contribution is -0.128. The van der Waals surface area contributed by atoms with Crippen molar-refractivity contribution in [3.8, 4) is 11.8 Å². The largest absolute Gasteiger partial charge is 0.384 e. The lowest BCUT2D eigenvalue weighted by Crippen LogP contribution is -2.54.